The second-order valence-corrected chi connectivity index (χ2v) is 4.55. The quantitative estimate of drug-likeness (QED) is 0.738. The van der Waals surface area contributed by atoms with Crippen molar-refractivity contribution >= 4 is 33.3 Å². The van der Waals surface area contributed by atoms with Crippen molar-refractivity contribution < 1.29 is 4.52 Å². The Hall–Kier alpha value is -2.22. The highest BCUT2D eigenvalue weighted by molar-refractivity contribution is 7.16. The number of anilines is 2. The van der Waals surface area contributed by atoms with E-state index in [1.165, 1.54) is 11.3 Å². The van der Waals surface area contributed by atoms with Gasteiger partial charge in [-0.05, 0) is 11.4 Å². The van der Waals surface area contributed by atoms with Crippen LogP contribution < -0.4 is 11.1 Å². The summed E-state index contributed by atoms with van der Waals surface area (Å²) >= 11 is 1.52. The van der Waals surface area contributed by atoms with E-state index in [0.29, 0.717) is 24.1 Å². The van der Waals surface area contributed by atoms with E-state index in [9.17, 15) is 0 Å². The van der Waals surface area contributed by atoms with Gasteiger partial charge < -0.3 is 15.6 Å². The molecule has 0 aliphatic carbocycles. The number of fused-ring (bicyclic) bond motifs is 1. The van der Waals surface area contributed by atoms with Crippen molar-refractivity contribution in [1.29, 1.82) is 0 Å². The van der Waals surface area contributed by atoms with Gasteiger partial charge in [0.05, 0.1) is 11.9 Å². The minimum absolute atomic E-state index is 0.247. The number of nitrogens with two attached hydrogens (primary N) is 1. The first-order valence-electron chi connectivity index (χ1n) is 5.26. The highest BCUT2D eigenvalue weighted by atomic mass is 32.1. The molecule has 0 fully saturated rings. The zero-order valence-electron chi connectivity index (χ0n) is 9.54. The maximum absolute atomic E-state index is 5.65. The lowest BCUT2D eigenvalue weighted by Crippen LogP contribution is -2.05. The average Bonchev–Trinajstić information content (AvgIpc) is 2.94. The standard InChI is InChI=1S/C10H10N6OS/c1-5-13-7(16-17-5)4-12-8-6-2-3-18-9(6)15-10(11)14-8/h2-3H,4H2,1H3,(H3,11,12,14,15). The molecular weight excluding hydrogens is 252 g/mol. The Balaban J connectivity index is 1.87. The van der Waals surface area contributed by atoms with Crippen LogP contribution in [-0.4, -0.2) is 20.1 Å². The molecule has 0 spiro atoms. The topological polar surface area (TPSA) is 103 Å². The van der Waals surface area contributed by atoms with Crippen LogP contribution in [0.25, 0.3) is 10.2 Å². The van der Waals surface area contributed by atoms with E-state index in [-0.39, 0.29) is 5.95 Å². The molecule has 92 valence electrons. The predicted molar refractivity (Wildman–Crippen MR) is 68.2 cm³/mol. The predicted octanol–water partition coefficient (Wildman–Crippen LogP) is 1.58. The van der Waals surface area contributed by atoms with Crippen LogP contribution in [0.2, 0.25) is 0 Å². The molecule has 0 aromatic carbocycles. The molecule has 7 nitrogen and oxygen atoms in total. The molecule has 18 heavy (non-hydrogen) atoms. The van der Waals surface area contributed by atoms with E-state index in [1.807, 2.05) is 11.4 Å². The lowest BCUT2D eigenvalue weighted by atomic mass is 10.4. The summed E-state index contributed by atoms with van der Waals surface area (Å²) in [5.74, 6) is 2.04. The van der Waals surface area contributed by atoms with Gasteiger partial charge in [0.25, 0.3) is 0 Å². The van der Waals surface area contributed by atoms with Gasteiger partial charge in [-0.2, -0.15) is 9.97 Å². The van der Waals surface area contributed by atoms with Gasteiger partial charge in [-0.15, -0.1) is 11.3 Å². The van der Waals surface area contributed by atoms with E-state index >= 15 is 0 Å². The fraction of sp³-hybridized carbons (Fsp3) is 0.200. The number of hydrogen-bond acceptors (Lipinski definition) is 8. The first-order valence-corrected chi connectivity index (χ1v) is 6.14. The number of hydrogen-bond donors (Lipinski definition) is 2. The fourth-order valence-electron chi connectivity index (χ4n) is 1.58. The Labute approximate surface area is 106 Å². The van der Waals surface area contributed by atoms with Gasteiger partial charge in [0.2, 0.25) is 11.8 Å². The lowest BCUT2D eigenvalue weighted by Gasteiger charge is -2.04. The average molecular weight is 262 g/mol. The van der Waals surface area contributed by atoms with Crippen molar-refractivity contribution in [1.82, 2.24) is 20.1 Å². The third-order valence-electron chi connectivity index (χ3n) is 2.33. The molecule has 0 saturated carbocycles. The number of aryl methyl sites for hydroxylation is 1. The Morgan fingerprint density at radius 1 is 1.39 bits per heavy atom. The zero-order chi connectivity index (χ0) is 12.5. The monoisotopic (exact) mass is 262 g/mol. The molecule has 0 atom stereocenters. The molecule has 0 bridgehead atoms. The largest absolute Gasteiger partial charge is 0.368 e. The second kappa shape index (κ2) is 4.22. The minimum Gasteiger partial charge on any atom is -0.368 e. The number of aromatic nitrogens is 4. The van der Waals surface area contributed by atoms with Crippen molar-refractivity contribution in [2.24, 2.45) is 0 Å². The Morgan fingerprint density at radius 3 is 3.06 bits per heavy atom. The molecule has 0 amide bonds. The zero-order valence-corrected chi connectivity index (χ0v) is 10.4. The summed E-state index contributed by atoms with van der Waals surface area (Å²) in [7, 11) is 0. The number of thiophene rings is 1. The third-order valence-corrected chi connectivity index (χ3v) is 3.13. The van der Waals surface area contributed by atoms with Gasteiger partial charge >= 0.3 is 0 Å². The van der Waals surface area contributed by atoms with Gasteiger partial charge in [-0.3, -0.25) is 0 Å². The van der Waals surface area contributed by atoms with E-state index in [1.54, 1.807) is 6.92 Å². The molecule has 0 saturated heterocycles. The molecular formula is C10H10N6OS. The van der Waals surface area contributed by atoms with Crippen molar-refractivity contribution in [3.8, 4) is 0 Å². The van der Waals surface area contributed by atoms with Crippen LogP contribution in [0.1, 0.15) is 11.7 Å². The molecule has 0 aliphatic heterocycles. The molecule has 3 rings (SSSR count). The number of nitrogens with one attached hydrogen (secondary N) is 1. The number of nitrogen functional groups attached to an aromatic ring is 1. The summed E-state index contributed by atoms with van der Waals surface area (Å²) < 4.78 is 4.89. The number of nitrogens with zero attached hydrogens (tertiary/aromatic N) is 4. The summed E-state index contributed by atoms with van der Waals surface area (Å²) in [6.07, 6.45) is 0. The minimum atomic E-state index is 0.247. The summed E-state index contributed by atoms with van der Waals surface area (Å²) in [5.41, 5.74) is 5.65. The molecule has 8 heteroatoms. The maximum Gasteiger partial charge on any atom is 0.223 e. The summed E-state index contributed by atoms with van der Waals surface area (Å²) in [6, 6.07) is 1.95. The van der Waals surface area contributed by atoms with E-state index < -0.39 is 0 Å². The van der Waals surface area contributed by atoms with Crippen molar-refractivity contribution in [2.45, 2.75) is 13.5 Å². The first kappa shape index (κ1) is 10.9. The number of rotatable bonds is 3. The van der Waals surface area contributed by atoms with E-state index in [2.05, 4.69) is 25.4 Å². The highest BCUT2D eigenvalue weighted by Crippen LogP contribution is 2.25. The second-order valence-electron chi connectivity index (χ2n) is 3.65. The summed E-state index contributed by atoms with van der Waals surface area (Å²) in [6.45, 7) is 2.18. The van der Waals surface area contributed by atoms with Gasteiger partial charge in [0.1, 0.15) is 10.6 Å². The maximum atomic E-state index is 5.65. The van der Waals surface area contributed by atoms with Crippen LogP contribution in [0.3, 0.4) is 0 Å². The van der Waals surface area contributed by atoms with Crippen molar-refractivity contribution in [2.75, 3.05) is 11.1 Å². The van der Waals surface area contributed by atoms with Gasteiger partial charge in [-0.1, -0.05) is 5.16 Å². The van der Waals surface area contributed by atoms with Crippen LogP contribution in [0, 0.1) is 6.92 Å². The van der Waals surface area contributed by atoms with Crippen LogP contribution in [0.15, 0.2) is 16.0 Å². The van der Waals surface area contributed by atoms with Crippen LogP contribution in [0.5, 0.6) is 0 Å². The molecule has 3 aromatic heterocycles. The van der Waals surface area contributed by atoms with Crippen LogP contribution in [0.4, 0.5) is 11.8 Å². The normalized spacial score (nSPS) is 10.9. The van der Waals surface area contributed by atoms with Gasteiger partial charge in [-0.25, -0.2) is 4.98 Å². The highest BCUT2D eigenvalue weighted by Gasteiger charge is 2.08. The third kappa shape index (κ3) is 1.97. The SMILES string of the molecule is Cc1nc(CNc2nc(N)nc3sccc23)no1. The molecule has 3 N–H and O–H groups in total. The van der Waals surface area contributed by atoms with E-state index in [0.717, 1.165) is 10.2 Å². The molecule has 3 aromatic rings. The summed E-state index contributed by atoms with van der Waals surface area (Å²) in [4.78, 5) is 13.3. The van der Waals surface area contributed by atoms with Crippen molar-refractivity contribution in [3.05, 3.63) is 23.2 Å². The van der Waals surface area contributed by atoms with E-state index in [4.69, 9.17) is 10.3 Å². The summed E-state index contributed by atoms with van der Waals surface area (Å²) in [5, 5.41) is 9.82. The molecule has 3 heterocycles. The van der Waals surface area contributed by atoms with Crippen LogP contribution >= 0.6 is 11.3 Å². The smallest absolute Gasteiger partial charge is 0.223 e. The van der Waals surface area contributed by atoms with Gasteiger partial charge in [0.15, 0.2) is 5.82 Å². The fourth-order valence-corrected chi connectivity index (χ4v) is 2.35. The molecule has 0 aliphatic rings. The molecule has 0 radical (unpaired) electrons. The van der Waals surface area contributed by atoms with Crippen molar-refractivity contribution in [3.63, 3.8) is 0 Å². The Morgan fingerprint density at radius 2 is 2.28 bits per heavy atom. The Kier molecular flexibility index (Phi) is 2.56. The van der Waals surface area contributed by atoms with Gasteiger partial charge in [0, 0.05) is 6.92 Å². The first-order chi connectivity index (χ1) is 8.72. The lowest BCUT2D eigenvalue weighted by molar-refractivity contribution is 0.388. The van der Waals surface area contributed by atoms with Crippen LogP contribution in [-0.2, 0) is 6.54 Å². The molecule has 0 unspecified atom stereocenters. The Bertz CT molecular complexity index is 691.